The molecule has 1 fully saturated rings. The minimum atomic E-state index is -0.744. The Balaban J connectivity index is 1.87. The molecule has 3 atom stereocenters. The van der Waals surface area contributed by atoms with E-state index in [9.17, 15) is 29.3 Å². The summed E-state index contributed by atoms with van der Waals surface area (Å²) in [7, 11) is 0. The van der Waals surface area contributed by atoms with Gasteiger partial charge in [0.15, 0.2) is 11.6 Å². The quantitative estimate of drug-likeness (QED) is 0.426. The first-order valence-corrected chi connectivity index (χ1v) is 12.0. The Labute approximate surface area is 209 Å². The Hall–Kier alpha value is -3.55. The number of aliphatic hydroxyl groups excluding tert-OH is 1. The summed E-state index contributed by atoms with van der Waals surface area (Å²) in [5.41, 5.74) is 1.53. The normalized spacial score (nSPS) is 19.7. The standard InChI is InChI=1S/C29H30FNO5/c1-17(32)14-31-15-24(28(35)19-6-3-8-21(33)12-19)27(23-10-5-11-26(30)18(23)2)25(16-31)29(36)20-7-4-9-22(34)13-20/h3-13,17,24-25,27,32-34H,14-16H2,1-2H3/t17-,24-,25-/m0/s1. The van der Waals surface area contributed by atoms with Crippen LogP contribution in [0.4, 0.5) is 4.39 Å². The van der Waals surface area contributed by atoms with Gasteiger partial charge in [-0.3, -0.25) is 14.5 Å². The van der Waals surface area contributed by atoms with Crippen LogP contribution in [0.15, 0.2) is 66.7 Å². The molecule has 6 nitrogen and oxygen atoms in total. The molecule has 4 rings (SSSR count). The maximum absolute atomic E-state index is 14.7. The molecule has 3 aromatic carbocycles. The second kappa shape index (κ2) is 10.6. The van der Waals surface area contributed by atoms with Crippen molar-refractivity contribution < 1.29 is 29.3 Å². The number of hydrogen-bond acceptors (Lipinski definition) is 6. The van der Waals surface area contributed by atoms with Crippen LogP contribution in [0.3, 0.4) is 0 Å². The first-order valence-electron chi connectivity index (χ1n) is 12.0. The molecule has 7 heteroatoms. The van der Waals surface area contributed by atoms with Gasteiger partial charge in [0.2, 0.25) is 0 Å². The molecule has 0 spiro atoms. The molecule has 0 unspecified atom stereocenters. The van der Waals surface area contributed by atoms with E-state index in [0.29, 0.717) is 22.3 Å². The Morgan fingerprint density at radius 3 is 1.89 bits per heavy atom. The molecule has 0 amide bonds. The van der Waals surface area contributed by atoms with Gasteiger partial charge in [-0.2, -0.15) is 0 Å². The van der Waals surface area contributed by atoms with E-state index in [4.69, 9.17) is 0 Å². The second-order valence-corrected chi connectivity index (χ2v) is 9.59. The summed E-state index contributed by atoms with van der Waals surface area (Å²) in [5, 5.41) is 30.1. The number of phenols is 2. The monoisotopic (exact) mass is 491 g/mol. The van der Waals surface area contributed by atoms with E-state index in [1.54, 1.807) is 50.2 Å². The van der Waals surface area contributed by atoms with Crippen molar-refractivity contribution in [2.45, 2.75) is 25.9 Å². The smallest absolute Gasteiger partial charge is 0.167 e. The predicted molar refractivity (Wildman–Crippen MR) is 134 cm³/mol. The van der Waals surface area contributed by atoms with Gasteiger partial charge < -0.3 is 15.3 Å². The summed E-state index contributed by atoms with van der Waals surface area (Å²) < 4.78 is 14.7. The molecular weight excluding hydrogens is 461 g/mol. The molecule has 0 aromatic heterocycles. The maximum Gasteiger partial charge on any atom is 0.167 e. The number of carbonyl (C=O) groups is 2. The molecule has 0 bridgehead atoms. The van der Waals surface area contributed by atoms with Gasteiger partial charge >= 0.3 is 0 Å². The number of ketones is 2. The first-order chi connectivity index (χ1) is 17.2. The molecule has 1 saturated heterocycles. The number of β-amino-alcohol motifs (C(OH)–C–C–N with tert-alkyl or cyclic N) is 1. The zero-order chi connectivity index (χ0) is 26.0. The van der Waals surface area contributed by atoms with Crippen LogP contribution in [-0.2, 0) is 0 Å². The van der Waals surface area contributed by atoms with Gasteiger partial charge in [-0.05, 0) is 55.3 Å². The highest BCUT2D eigenvalue weighted by atomic mass is 19.1. The number of Topliss-reactive ketones (excluding diaryl/α,β-unsaturated/α-hetero) is 2. The summed E-state index contributed by atoms with van der Waals surface area (Å²) in [5.74, 6) is -3.22. The Morgan fingerprint density at radius 2 is 1.42 bits per heavy atom. The van der Waals surface area contributed by atoms with Gasteiger partial charge in [0.25, 0.3) is 0 Å². The number of likely N-dealkylation sites (tertiary alicyclic amines) is 1. The molecule has 0 aliphatic carbocycles. The van der Waals surface area contributed by atoms with Crippen molar-refractivity contribution in [3.63, 3.8) is 0 Å². The van der Waals surface area contributed by atoms with E-state index in [-0.39, 0.29) is 42.7 Å². The fourth-order valence-electron chi connectivity index (χ4n) is 5.32. The van der Waals surface area contributed by atoms with Gasteiger partial charge in [-0.25, -0.2) is 4.39 Å². The van der Waals surface area contributed by atoms with Crippen molar-refractivity contribution in [2.75, 3.05) is 19.6 Å². The fraction of sp³-hybridized carbons (Fsp3) is 0.310. The summed E-state index contributed by atoms with van der Waals surface area (Å²) >= 11 is 0. The summed E-state index contributed by atoms with van der Waals surface area (Å²) in [6, 6.07) is 16.8. The maximum atomic E-state index is 14.7. The van der Waals surface area contributed by atoms with E-state index in [1.807, 2.05) is 4.90 Å². The number of phenolic OH excluding ortho intramolecular Hbond substituents is 2. The van der Waals surface area contributed by atoms with E-state index in [0.717, 1.165) is 0 Å². The molecular formula is C29H30FNO5. The van der Waals surface area contributed by atoms with Crippen molar-refractivity contribution >= 4 is 11.6 Å². The van der Waals surface area contributed by atoms with Gasteiger partial charge in [-0.1, -0.05) is 36.4 Å². The molecule has 36 heavy (non-hydrogen) atoms. The SMILES string of the molecule is Cc1c(F)cccc1C1[C@@H](C(=O)c2cccc(O)c2)CN(C[C@H](C)O)C[C@@H]1C(=O)c1cccc(O)c1. The highest BCUT2D eigenvalue weighted by molar-refractivity contribution is 6.02. The van der Waals surface area contributed by atoms with Crippen molar-refractivity contribution in [2.24, 2.45) is 11.8 Å². The van der Waals surface area contributed by atoms with Crippen molar-refractivity contribution in [1.82, 2.24) is 4.90 Å². The lowest BCUT2D eigenvalue weighted by molar-refractivity contribution is 0.0431. The zero-order valence-electron chi connectivity index (χ0n) is 20.3. The molecule has 0 radical (unpaired) electrons. The highest BCUT2D eigenvalue weighted by Gasteiger charge is 2.45. The predicted octanol–water partition coefficient (Wildman–Crippen LogP) is 4.32. The number of aliphatic hydroxyl groups is 1. The lowest BCUT2D eigenvalue weighted by atomic mass is 9.67. The zero-order valence-corrected chi connectivity index (χ0v) is 20.3. The van der Waals surface area contributed by atoms with Crippen LogP contribution >= 0.6 is 0 Å². The lowest BCUT2D eigenvalue weighted by Crippen LogP contribution is -2.52. The molecule has 1 heterocycles. The third-order valence-electron chi connectivity index (χ3n) is 6.90. The van der Waals surface area contributed by atoms with Crippen LogP contribution < -0.4 is 0 Å². The second-order valence-electron chi connectivity index (χ2n) is 9.59. The topological polar surface area (TPSA) is 98.1 Å². The average Bonchev–Trinajstić information content (AvgIpc) is 2.84. The average molecular weight is 492 g/mol. The summed E-state index contributed by atoms with van der Waals surface area (Å²) in [6.45, 7) is 4.04. The largest absolute Gasteiger partial charge is 0.508 e. The minimum Gasteiger partial charge on any atom is -0.508 e. The number of aromatic hydroxyl groups is 2. The van der Waals surface area contributed by atoms with E-state index in [1.165, 1.54) is 30.3 Å². The third kappa shape index (κ3) is 5.32. The fourth-order valence-corrected chi connectivity index (χ4v) is 5.32. The third-order valence-corrected chi connectivity index (χ3v) is 6.90. The van der Waals surface area contributed by atoms with E-state index >= 15 is 0 Å². The molecule has 0 saturated carbocycles. The Morgan fingerprint density at radius 1 is 0.917 bits per heavy atom. The first kappa shape index (κ1) is 25.5. The Bertz CT molecular complexity index is 1210. The van der Waals surface area contributed by atoms with Crippen LogP contribution in [-0.4, -0.2) is 57.5 Å². The van der Waals surface area contributed by atoms with Crippen LogP contribution in [0, 0.1) is 24.6 Å². The summed E-state index contributed by atoms with van der Waals surface area (Å²) in [6.07, 6.45) is -0.689. The summed E-state index contributed by atoms with van der Waals surface area (Å²) in [4.78, 5) is 29.6. The molecule has 3 N–H and O–H groups in total. The molecule has 3 aromatic rings. The number of benzene rings is 3. The van der Waals surface area contributed by atoms with E-state index < -0.39 is 29.7 Å². The number of piperidine rings is 1. The number of hydrogen-bond donors (Lipinski definition) is 3. The van der Waals surface area contributed by atoms with Gasteiger partial charge in [0.05, 0.1) is 6.10 Å². The van der Waals surface area contributed by atoms with E-state index in [2.05, 4.69) is 0 Å². The number of halogens is 1. The van der Waals surface area contributed by atoms with Gasteiger partial charge in [-0.15, -0.1) is 0 Å². The van der Waals surface area contributed by atoms with Crippen LogP contribution in [0.25, 0.3) is 0 Å². The van der Waals surface area contributed by atoms with Crippen molar-refractivity contribution in [3.8, 4) is 11.5 Å². The van der Waals surface area contributed by atoms with Gasteiger partial charge in [0.1, 0.15) is 17.3 Å². The molecule has 1 aliphatic rings. The minimum absolute atomic E-state index is 0.0524. The van der Waals surface area contributed by atoms with Crippen LogP contribution in [0.5, 0.6) is 11.5 Å². The number of rotatable bonds is 7. The van der Waals surface area contributed by atoms with Gasteiger partial charge in [0, 0.05) is 48.5 Å². The Kier molecular flexibility index (Phi) is 7.52. The number of nitrogens with zero attached hydrogens (tertiary/aromatic N) is 1. The highest BCUT2D eigenvalue weighted by Crippen LogP contribution is 2.42. The molecule has 1 aliphatic heterocycles. The van der Waals surface area contributed by atoms with Crippen LogP contribution in [0.2, 0.25) is 0 Å². The van der Waals surface area contributed by atoms with Crippen molar-refractivity contribution in [1.29, 1.82) is 0 Å². The lowest BCUT2D eigenvalue weighted by Gasteiger charge is -2.44. The number of carbonyl (C=O) groups excluding carboxylic acids is 2. The van der Waals surface area contributed by atoms with Crippen molar-refractivity contribution in [3.05, 3.63) is 94.8 Å². The molecule has 188 valence electrons. The van der Waals surface area contributed by atoms with Crippen LogP contribution in [0.1, 0.15) is 44.7 Å².